The lowest BCUT2D eigenvalue weighted by molar-refractivity contribution is 0.628. The van der Waals surface area contributed by atoms with Gasteiger partial charge in [-0.3, -0.25) is 0 Å². The van der Waals surface area contributed by atoms with E-state index in [4.69, 9.17) is 0 Å². The van der Waals surface area contributed by atoms with E-state index in [0.29, 0.717) is 5.16 Å². The van der Waals surface area contributed by atoms with Gasteiger partial charge in [-0.25, -0.2) is 0 Å². The van der Waals surface area contributed by atoms with E-state index in [2.05, 4.69) is 20.8 Å². The van der Waals surface area contributed by atoms with Crippen LogP contribution in [0.1, 0.15) is 93.9 Å². The summed E-state index contributed by atoms with van der Waals surface area (Å²) in [6, 6.07) is 0. The highest BCUT2D eigenvalue weighted by atomic mass is 31.1. The van der Waals surface area contributed by atoms with Crippen molar-refractivity contribution in [3.05, 3.63) is 21.7 Å². The molecule has 0 N–H and O–H groups in total. The van der Waals surface area contributed by atoms with Gasteiger partial charge in [0.15, 0.2) is 0 Å². The monoisotopic (exact) mass is 304 g/mol. The number of rotatable bonds is 0. The zero-order valence-electron chi connectivity index (χ0n) is 14.4. The Balaban J connectivity index is 2.12. The van der Waals surface area contributed by atoms with Crippen molar-refractivity contribution in [3.8, 4) is 0 Å². The summed E-state index contributed by atoms with van der Waals surface area (Å²) in [5, 5.41) is 4.37. The molecule has 1 heteroatoms. The zero-order valence-corrected chi connectivity index (χ0v) is 15.3. The van der Waals surface area contributed by atoms with E-state index in [1.165, 1.54) is 77.0 Å². The molecule has 2 aliphatic carbocycles. The van der Waals surface area contributed by atoms with Crippen molar-refractivity contribution in [2.75, 3.05) is 0 Å². The molecular weight excluding hydrogens is 271 g/mol. The van der Waals surface area contributed by atoms with Crippen LogP contribution in [-0.2, 0) is 30.8 Å². The third kappa shape index (κ3) is 3.26. The summed E-state index contributed by atoms with van der Waals surface area (Å²) in [5.41, 5.74) is 3.76. The molecule has 1 aromatic rings. The fourth-order valence-electron chi connectivity index (χ4n) is 4.60. The predicted molar refractivity (Wildman–Crippen MR) is 95.9 cm³/mol. The summed E-state index contributed by atoms with van der Waals surface area (Å²) in [6.07, 6.45) is 17.3. The maximum absolute atomic E-state index is 2.51. The van der Waals surface area contributed by atoms with Gasteiger partial charge in [-0.2, -0.15) is 0 Å². The highest BCUT2D eigenvalue weighted by Crippen LogP contribution is 2.57. The average molecular weight is 304 g/mol. The van der Waals surface area contributed by atoms with Gasteiger partial charge in [-0.15, -0.1) is 7.53 Å². The maximum Gasteiger partial charge on any atom is 0.000797 e. The maximum atomic E-state index is 2.51. The molecule has 1 heterocycles. The highest BCUT2D eigenvalue weighted by molar-refractivity contribution is 7.52. The van der Waals surface area contributed by atoms with Gasteiger partial charge in [0.1, 0.15) is 0 Å². The van der Waals surface area contributed by atoms with Crippen LogP contribution in [0, 0.1) is 0 Å². The first-order valence-electron chi connectivity index (χ1n) is 9.34. The lowest BCUT2D eigenvalue weighted by Gasteiger charge is -2.24. The molecule has 0 saturated carbocycles. The van der Waals surface area contributed by atoms with Crippen molar-refractivity contribution in [2.24, 2.45) is 0 Å². The van der Waals surface area contributed by atoms with Crippen molar-refractivity contribution in [1.29, 1.82) is 0 Å². The molecule has 0 nitrogen and oxygen atoms in total. The van der Waals surface area contributed by atoms with E-state index in [0.717, 1.165) is 0 Å². The number of hydrogen-bond donors (Lipinski definition) is 0. The Morgan fingerprint density at radius 1 is 0.571 bits per heavy atom. The Morgan fingerprint density at radius 2 is 0.952 bits per heavy atom. The van der Waals surface area contributed by atoms with Crippen molar-refractivity contribution >= 4 is 7.53 Å². The van der Waals surface area contributed by atoms with Gasteiger partial charge in [0.05, 0.1) is 0 Å². The second-order valence-electron chi connectivity index (χ2n) is 8.19. The molecule has 0 bridgehead atoms. The summed E-state index contributed by atoms with van der Waals surface area (Å²) < 4.78 is 0. The molecule has 0 aliphatic heterocycles. The first-order valence-corrected chi connectivity index (χ1v) is 10.7. The minimum atomic E-state index is 0.000525. The molecule has 0 spiro atoms. The summed E-state index contributed by atoms with van der Waals surface area (Å²) >= 11 is 0. The van der Waals surface area contributed by atoms with Gasteiger partial charge in [0.25, 0.3) is 0 Å². The second kappa shape index (κ2) is 6.49. The fraction of sp³-hybridized carbons (Fsp3) is 0.800. The molecule has 21 heavy (non-hydrogen) atoms. The number of hydrogen-bond acceptors (Lipinski definition) is 0. The van der Waals surface area contributed by atoms with E-state index in [1.54, 1.807) is 0 Å². The van der Waals surface area contributed by atoms with Gasteiger partial charge >= 0.3 is 0 Å². The van der Waals surface area contributed by atoms with Gasteiger partial charge in [-0.1, -0.05) is 46.5 Å². The zero-order chi connectivity index (χ0) is 14.9. The lowest BCUT2D eigenvalue weighted by atomic mass is 9.99. The quantitative estimate of drug-likeness (QED) is 0.465. The highest BCUT2D eigenvalue weighted by Gasteiger charge is 2.29. The van der Waals surface area contributed by atoms with Crippen molar-refractivity contribution in [2.45, 2.75) is 103 Å². The SMILES string of the molecule is CC(C)(C)p1c2c(c3c1CCCCC3)CCCCCCC2. The molecule has 2 aliphatic rings. The van der Waals surface area contributed by atoms with Gasteiger partial charge in [0, 0.05) is 5.16 Å². The van der Waals surface area contributed by atoms with Gasteiger partial charge < -0.3 is 0 Å². The molecule has 3 rings (SSSR count). The third-order valence-corrected chi connectivity index (χ3v) is 8.86. The van der Waals surface area contributed by atoms with Crippen LogP contribution in [0.4, 0.5) is 0 Å². The van der Waals surface area contributed by atoms with Crippen LogP contribution in [0.25, 0.3) is 0 Å². The summed E-state index contributed by atoms with van der Waals surface area (Å²) in [7, 11) is 0.000525. The first kappa shape index (κ1) is 15.7. The molecule has 0 aromatic carbocycles. The Labute approximate surface area is 132 Å². The van der Waals surface area contributed by atoms with Crippen LogP contribution in [0.2, 0.25) is 0 Å². The largest absolute Gasteiger partial charge is 0.112 e. The second-order valence-corrected chi connectivity index (χ2v) is 11.3. The molecule has 0 radical (unpaired) electrons. The third-order valence-electron chi connectivity index (χ3n) is 5.45. The molecule has 1 unspecified atom stereocenters. The predicted octanol–water partition coefficient (Wildman–Crippen LogP) is 6.75. The normalized spacial score (nSPS) is 21.6. The van der Waals surface area contributed by atoms with Crippen molar-refractivity contribution in [3.63, 3.8) is 0 Å². The fourth-order valence-corrected chi connectivity index (χ4v) is 8.34. The van der Waals surface area contributed by atoms with E-state index in [1.807, 2.05) is 21.7 Å². The first-order chi connectivity index (χ1) is 10.1. The molecule has 1 aromatic heterocycles. The topological polar surface area (TPSA) is 0 Å². The van der Waals surface area contributed by atoms with E-state index in [9.17, 15) is 0 Å². The van der Waals surface area contributed by atoms with Crippen LogP contribution in [0.15, 0.2) is 0 Å². The van der Waals surface area contributed by atoms with E-state index < -0.39 is 0 Å². The van der Waals surface area contributed by atoms with E-state index in [-0.39, 0.29) is 7.53 Å². The Kier molecular flexibility index (Phi) is 4.84. The van der Waals surface area contributed by atoms with Crippen LogP contribution in [-0.4, -0.2) is 0 Å². The minimum absolute atomic E-state index is 0.000525. The molecule has 1 atom stereocenters. The van der Waals surface area contributed by atoms with Gasteiger partial charge in [0.2, 0.25) is 0 Å². The standard InChI is InChI=1S/C20H33P/c1-20(2,3)21-18-14-10-6-4-5-8-12-16(18)17-13-9-7-11-15-19(17)21/h4-15H2,1-3H3. The minimum Gasteiger partial charge on any atom is -0.112 e. The molecule has 0 amide bonds. The summed E-state index contributed by atoms with van der Waals surface area (Å²) in [5.74, 6) is 0. The Morgan fingerprint density at radius 3 is 1.43 bits per heavy atom. The van der Waals surface area contributed by atoms with Crippen LogP contribution >= 0.6 is 7.53 Å². The smallest absolute Gasteiger partial charge is 0.000797 e. The van der Waals surface area contributed by atoms with E-state index >= 15 is 0 Å². The molecule has 0 fully saturated rings. The van der Waals surface area contributed by atoms with Gasteiger partial charge in [-0.05, 0) is 73.1 Å². The molecule has 118 valence electrons. The number of fused-ring (bicyclic) bond motifs is 3. The average Bonchev–Trinajstić information content (AvgIpc) is 2.59. The lowest BCUT2D eigenvalue weighted by Crippen LogP contribution is -2.04. The van der Waals surface area contributed by atoms with Crippen LogP contribution < -0.4 is 0 Å². The van der Waals surface area contributed by atoms with Crippen LogP contribution in [0.5, 0.6) is 0 Å². The Bertz CT molecular complexity index is 487. The summed E-state index contributed by atoms with van der Waals surface area (Å²) in [4.78, 5) is 0. The van der Waals surface area contributed by atoms with Crippen molar-refractivity contribution in [1.82, 2.24) is 0 Å². The molecular formula is C20H33P. The van der Waals surface area contributed by atoms with Crippen LogP contribution in [0.3, 0.4) is 0 Å². The Hall–Kier alpha value is -0.220. The van der Waals surface area contributed by atoms with Crippen molar-refractivity contribution < 1.29 is 0 Å². The molecule has 0 saturated heterocycles. The summed E-state index contributed by atoms with van der Waals surface area (Å²) in [6.45, 7) is 7.53.